The first-order chi connectivity index (χ1) is 12.1. The molecule has 0 aliphatic carbocycles. The van der Waals surface area contributed by atoms with Crippen LogP contribution in [0.1, 0.15) is 49.5 Å². The number of amides is 1. The van der Waals surface area contributed by atoms with Crippen LogP contribution in [0.3, 0.4) is 0 Å². The second-order valence-corrected chi connectivity index (χ2v) is 6.56. The maximum atomic E-state index is 11.7. The number of hydrogen-bond donors (Lipinski definition) is 2. The van der Waals surface area contributed by atoms with Gasteiger partial charge in [-0.05, 0) is 38.5 Å². The summed E-state index contributed by atoms with van der Waals surface area (Å²) in [5.74, 6) is -1.91. The van der Waals surface area contributed by atoms with Gasteiger partial charge in [-0.2, -0.15) is 0 Å². The summed E-state index contributed by atoms with van der Waals surface area (Å²) in [6, 6.07) is 5.92. The predicted molar refractivity (Wildman–Crippen MR) is 91.7 cm³/mol. The number of alkyl carbamates (subject to hydrolysis) is 1. The third-order valence-electron chi connectivity index (χ3n) is 3.04. The molecule has 1 aromatic carbocycles. The van der Waals surface area contributed by atoms with Gasteiger partial charge in [0.1, 0.15) is 12.2 Å². The van der Waals surface area contributed by atoms with Crippen LogP contribution >= 0.6 is 0 Å². The molecule has 1 amide bonds. The van der Waals surface area contributed by atoms with Gasteiger partial charge in [-0.3, -0.25) is 9.59 Å². The molecule has 0 aliphatic rings. The van der Waals surface area contributed by atoms with Crippen LogP contribution in [-0.2, 0) is 25.7 Å². The fourth-order valence-electron chi connectivity index (χ4n) is 1.79. The lowest BCUT2D eigenvalue weighted by atomic mass is 10.1. The van der Waals surface area contributed by atoms with Crippen LogP contribution < -0.4 is 5.32 Å². The molecule has 1 rings (SSSR count). The summed E-state index contributed by atoms with van der Waals surface area (Å²) >= 11 is 0. The highest BCUT2D eigenvalue weighted by molar-refractivity contribution is 5.87. The number of aromatic carboxylic acids is 1. The van der Waals surface area contributed by atoms with Crippen molar-refractivity contribution in [3.63, 3.8) is 0 Å². The Morgan fingerprint density at radius 1 is 1.04 bits per heavy atom. The van der Waals surface area contributed by atoms with Crippen molar-refractivity contribution in [3.8, 4) is 0 Å². The molecule has 0 unspecified atom stereocenters. The van der Waals surface area contributed by atoms with E-state index in [4.69, 9.17) is 14.6 Å². The zero-order valence-corrected chi connectivity index (χ0v) is 15.0. The number of hydrogen-bond acceptors (Lipinski definition) is 6. The van der Waals surface area contributed by atoms with E-state index in [1.165, 1.54) is 12.1 Å². The molecule has 0 saturated carbocycles. The SMILES string of the molecule is CC(C)(C)OC(=O)NCC(=O)CCC(=O)OCc1ccc(C(=O)O)cc1. The molecule has 8 heteroatoms. The predicted octanol–water partition coefficient (Wildman–Crippen LogP) is 2.30. The monoisotopic (exact) mass is 365 g/mol. The zero-order chi connectivity index (χ0) is 19.7. The van der Waals surface area contributed by atoms with E-state index < -0.39 is 23.6 Å². The Bertz CT molecular complexity index is 659. The normalized spacial score (nSPS) is 10.7. The average molecular weight is 365 g/mol. The number of esters is 1. The second kappa shape index (κ2) is 9.55. The van der Waals surface area contributed by atoms with Crippen LogP contribution in [-0.4, -0.2) is 41.1 Å². The Morgan fingerprint density at radius 2 is 1.65 bits per heavy atom. The van der Waals surface area contributed by atoms with E-state index >= 15 is 0 Å². The Kier molecular flexibility index (Phi) is 7.77. The Labute approximate surface area is 151 Å². The number of rotatable bonds is 8. The van der Waals surface area contributed by atoms with E-state index in [1.807, 2.05) is 0 Å². The number of carbonyl (C=O) groups is 4. The third-order valence-corrected chi connectivity index (χ3v) is 3.04. The van der Waals surface area contributed by atoms with Gasteiger partial charge in [0.25, 0.3) is 0 Å². The molecule has 0 aromatic heterocycles. The number of carboxylic acid groups (broad SMARTS) is 1. The van der Waals surface area contributed by atoms with Crippen molar-refractivity contribution in [2.75, 3.05) is 6.54 Å². The van der Waals surface area contributed by atoms with Crippen molar-refractivity contribution in [1.29, 1.82) is 0 Å². The van der Waals surface area contributed by atoms with Crippen molar-refractivity contribution < 1.29 is 33.8 Å². The Hall–Kier alpha value is -2.90. The highest BCUT2D eigenvalue weighted by Gasteiger charge is 2.17. The lowest BCUT2D eigenvalue weighted by molar-refractivity contribution is -0.146. The van der Waals surface area contributed by atoms with Crippen molar-refractivity contribution >= 4 is 23.8 Å². The fourth-order valence-corrected chi connectivity index (χ4v) is 1.79. The summed E-state index contributed by atoms with van der Waals surface area (Å²) in [5, 5.41) is 11.1. The maximum absolute atomic E-state index is 11.7. The summed E-state index contributed by atoms with van der Waals surface area (Å²) in [4.78, 5) is 45.5. The number of ketones is 1. The van der Waals surface area contributed by atoms with E-state index in [2.05, 4.69) is 5.32 Å². The first-order valence-corrected chi connectivity index (χ1v) is 8.03. The van der Waals surface area contributed by atoms with Crippen LogP contribution in [0, 0.1) is 0 Å². The van der Waals surface area contributed by atoms with Gasteiger partial charge < -0.3 is 19.9 Å². The summed E-state index contributed by atoms with van der Waals surface area (Å²) in [6.45, 7) is 4.89. The number of ether oxygens (including phenoxy) is 2. The first kappa shape index (κ1) is 21.1. The highest BCUT2D eigenvalue weighted by Crippen LogP contribution is 2.08. The van der Waals surface area contributed by atoms with E-state index in [-0.39, 0.29) is 37.3 Å². The van der Waals surface area contributed by atoms with Crippen LogP contribution in [0.4, 0.5) is 4.79 Å². The number of Topliss-reactive ketones (excluding diaryl/α,β-unsaturated/α-hetero) is 1. The molecule has 0 saturated heterocycles. The molecule has 0 atom stereocenters. The van der Waals surface area contributed by atoms with Crippen LogP contribution in [0.25, 0.3) is 0 Å². The smallest absolute Gasteiger partial charge is 0.408 e. The number of nitrogens with one attached hydrogen (secondary N) is 1. The molecule has 26 heavy (non-hydrogen) atoms. The molecule has 0 fully saturated rings. The van der Waals surface area contributed by atoms with Crippen molar-refractivity contribution in [1.82, 2.24) is 5.32 Å². The fraction of sp³-hybridized carbons (Fsp3) is 0.444. The molecule has 142 valence electrons. The minimum Gasteiger partial charge on any atom is -0.478 e. The second-order valence-electron chi connectivity index (χ2n) is 6.56. The molecular weight excluding hydrogens is 342 g/mol. The lowest BCUT2D eigenvalue weighted by Gasteiger charge is -2.19. The summed E-state index contributed by atoms with van der Waals surface area (Å²) in [5.41, 5.74) is 0.129. The molecular formula is C18H23NO7. The van der Waals surface area contributed by atoms with Gasteiger partial charge in [-0.1, -0.05) is 12.1 Å². The van der Waals surface area contributed by atoms with Gasteiger partial charge >= 0.3 is 18.0 Å². The molecule has 8 nitrogen and oxygen atoms in total. The van der Waals surface area contributed by atoms with Crippen LogP contribution in [0.15, 0.2) is 24.3 Å². The van der Waals surface area contributed by atoms with Gasteiger partial charge in [-0.25, -0.2) is 9.59 Å². The molecule has 2 N–H and O–H groups in total. The highest BCUT2D eigenvalue weighted by atomic mass is 16.6. The average Bonchev–Trinajstić information content (AvgIpc) is 2.55. The Morgan fingerprint density at radius 3 is 2.19 bits per heavy atom. The van der Waals surface area contributed by atoms with E-state index in [0.717, 1.165) is 0 Å². The van der Waals surface area contributed by atoms with Gasteiger partial charge in [0.15, 0.2) is 5.78 Å². The lowest BCUT2D eigenvalue weighted by Crippen LogP contribution is -2.35. The number of carbonyl (C=O) groups excluding carboxylic acids is 3. The molecule has 0 heterocycles. The molecule has 0 spiro atoms. The summed E-state index contributed by atoms with van der Waals surface area (Å²) in [7, 11) is 0. The van der Waals surface area contributed by atoms with Crippen LogP contribution in [0.2, 0.25) is 0 Å². The molecule has 0 aliphatic heterocycles. The quantitative estimate of drug-likeness (QED) is 0.678. The molecule has 1 aromatic rings. The number of benzene rings is 1. The van der Waals surface area contributed by atoms with Crippen molar-refractivity contribution in [2.45, 2.75) is 45.8 Å². The largest absolute Gasteiger partial charge is 0.478 e. The Balaban J connectivity index is 2.26. The summed E-state index contributed by atoms with van der Waals surface area (Å²) in [6.07, 6.45) is -0.868. The topological polar surface area (TPSA) is 119 Å². The minimum atomic E-state index is -1.04. The maximum Gasteiger partial charge on any atom is 0.408 e. The minimum absolute atomic E-state index is 0.0108. The van der Waals surface area contributed by atoms with E-state index in [0.29, 0.717) is 5.56 Å². The van der Waals surface area contributed by atoms with E-state index in [9.17, 15) is 19.2 Å². The summed E-state index contributed by atoms with van der Waals surface area (Å²) < 4.78 is 10.0. The van der Waals surface area contributed by atoms with Crippen molar-refractivity contribution in [2.24, 2.45) is 0 Å². The van der Waals surface area contributed by atoms with Crippen molar-refractivity contribution in [3.05, 3.63) is 35.4 Å². The van der Waals surface area contributed by atoms with E-state index in [1.54, 1.807) is 32.9 Å². The van der Waals surface area contributed by atoms with Gasteiger partial charge in [0.2, 0.25) is 0 Å². The van der Waals surface area contributed by atoms with Gasteiger partial charge in [0, 0.05) is 6.42 Å². The zero-order valence-electron chi connectivity index (χ0n) is 15.0. The third kappa shape index (κ3) is 8.81. The molecule has 0 radical (unpaired) electrons. The van der Waals surface area contributed by atoms with Gasteiger partial charge in [0.05, 0.1) is 18.5 Å². The molecule has 0 bridgehead atoms. The standard InChI is InChI=1S/C18H23NO7/c1-18(2,3)26-17(24)19-10-14(20)8-9-15(21)25-11-12-4-6-13(7-5-12)16(22)23/h4-7H,8-11H2,1-3H3,(H,19,24)(H,22,23). The number of carboxylic acids is 1. The first-order valence-electron chi connectivity index (χ1n) is 8.03. The van der Waals surface area contributed by atoms with Crippen LogP contribution in [0.5, 0.6) is 0 Å². The van der Waals surface area contributed by atoms with Gasteiger partial charge in [-0.15, -0.1) is 0 Å².